The number of methoxy groups -OCH3 is 1. The van der Waals surface area contributed by atoms with Gasteiger partial charge >= 0.3 is 0 Å². The molecule has 0 amide bonds. The van der Waals surface area contributed by atoms with Crippen LogP contribution in [0.5, 0.6) is 5.88 Å². The number of fused-ring (bicyclic) bond motifs is 1. The molecular weight excluding hydrogens is 490 g/mol. The number of ether oxygens (including phenoxy) is 3. The van der Waals surface area contributed by atoms with Crippen LogP contribution in [-0.2, 0) is 21.4 Å². The lowest BCUT2D eigenvalue weighted by Crippen LogP contribution is -2.44. The van der Waals surface area contributed by atoms with Gasteiger partial charge in [-0.1, -0.05) is 18.7 Å². The molecule has 1 aromatic carbocycles. The highest BCUT2D eigenvalue weighted by atomic mass is 32.2. The Kier molecular flexibility index (Phi) is 6.29. The molecule has 0 bridgehead atoms. The molecule has 1 saturated heterocycles. The summed E-state index contributed by atoms with van der Waals surface area (Å²) in [5.74, 6) is -2.17. The first-order valence-corrected chi connectivity index (χ1v) is 12.5. The molecular formula is C25H28F2N4O4S. The zero-order valence-electron chi connectivity index (χ0n) is 20.3. The van der Waals surface area contributed by atoms with Crippen LogP contribution in [-0.4, -0.2) is 59.2 Å². The molecule has 1 aromatic heterocycles. The Morgan fingerprint density at radius 1 is 1.22 bits per heavy atom. The summed E-state index contributed by atoms with van der Waals surface area (Å²) in [6.07, 6.45) is 3.25. The Hall–Kier alpha value is -2.63. The Balaban J connectivity index is 1.34. The van der Waals surface area contributed by atoms with Crippen LogP contribution in [0.4, 0.5) is 8.78 Å². The summed E-state index contributed by atoms with van der Waals surface area (Å²) in [6.45, 7) is 5.91. The molecule has 2 aromatic rings. The number of hydrogen-bond donors (Lipinski definition) is 1. The van der Waals surface area contributed by atoms with Gasteiger partial charge in [0, 0.05) is 30.4 Å². The van der Waals surface area contributed by atoms with Gasteiger partial charge in [0.15, 0.2) is 22.6 Å². The van der Waals surface area contributed by atoms with Crippen LogP contribution in [0.2, 0.25) is 0 Å². The van der Waals surface area contributed by atoms with E-state index < -0.39 is 17.2 Å². The maximum Gasteiger partial charge on any atom is 0.232 e. The molecule has 11 heteroatoms. The summed E-state index contributed by atoms with van der Waals surface area (Å²) in [6, 6.07) is 2.54. The van der Waals surface area contributed by atoms with Crippen LogP contribution in [0, 0.1) is 23.0 Å². The van der Waals surface area contributed by atoms with Crippen molar-refractivity contribution in [2.75, 3.05) is 33.5 Å². The lowest BCUT2D eigenvalue weighted by molar-refractivity contribution is -0.120. The van der Waals surface area contributed by atoms with E-state index in [0.717, 1.165) is 6.07 Å². The van der Waals surface area contributed by atoms with Gasteiger partial charge in [0.05, 0.1) is 49.1 Å². The lowest BCUT2D eigenvalue weighted by Gasteiger charge is -2.37. The Bertz CT molecular complexity index is 1220. The number of halogens is 2. The highest BCUT2D eigenvalue weighted by Gasteiger charge is 2.66. The maximum atomic E-state index is 15.1. The molecule has 0 unspecified atom stereocenters. The number of nitrogens with zero attached hydrogens (tertiary/aromatic N) is 3. The second-order valence-corrected chi connectivity index (χ2v) is 11.8. The van der Waals surface area contributed by atoms with Crippen molar-refractivity contribution in [2.45, 2.75) is 37.0 Å². The normalized spacial score (nSPS) is 28.0. The van der Waals surface area contributed by atoms with Crippen molar-refractivity contribution in [1.29, 1.82) is 0 Å². The fourth-order valence-corrected chi connectivity index (χ4v) is 6.49. The molecule has 1 aliphatic carbocycles. The van der Waals surface area contributed by atoms with Gasteiger partial charge in [0.1, 0.15) is 5.69 Å². The smallest absolute Gasteiger partial charge is 0.232 e. The highest BCUT2D eigenvalue weighted by molar-refractivity contribution is 8.15. The molecule has 0 radical (unpaired) electrons. The summed E-state index contributed by atoms with van der Waals surface area (Å²) in [7, 11) is 1.60. The van der Waals surface area contributed by atoms with Crippen LogP contribution >= 0.6 is 11.8 Å². The third kappa shape index (κ3) is 4.48. The lowest BCUT2D eigenvalue weighted by atomic mass is 9.84. The van der Waals surface area contributed by atoms with Crippen LogP contribution in [0.25, 0.3) is 0 Å². The SMILES string of the molecule is COC[C@]12C[C@H]1[C@@](C)(c1cc(CC(=O)c3cnc(OCC4(C)COC4)cn3)cc(F)c1F)N=C(N)S2. The van der Waals surface area contributed by atoms with Crippen molar-refractivity contribution < 1.29 is 27.8 Å². The van der Waals surface area contributed by atoms with Gasteiger partial charge in [0.25, 0.3) is 0 Å². The van der Waals surface area contributed by atoms with Crippen LogP contribution in [0.15, 0.2) is 29.5 Å². The number of amidine groups is 1. The topological polar surface area (TPSA) is 109 Å². The Labute approximate surface area is 212 Å². The molecule has 3 aliphatic rings. The first-order chi connectivity index (χ1) is 17.1. The van der Waals surface area contributed by atoms with E-state index >= 15 is 4.39 Å². The van der Waals surface area contributed by atoms with Gasteiger partial charge < -0.3 is 19.9 Å². The first-order valence-electron chi connectivity index (χ1n) is 11.6. The van der Waals surface area contributed by atoms with E-state index in [4.69, 9.17) is 19.9 Å². The highest BCUT2D eigenvalue weighted by Crippen LogP contribution is 2.66. The summed E-state index contributed by atoms with van der Waals surface area (Å²) in [4.78, 5) is 25.7. The maximum absolute atomic E-state index is 15.1. The summed E-state index contributed by atoms with van der Waals surface area (Å²) in [5, 5.41) is 0.306. The summed E-state index contributed by atoms with van der Waals surface area (Å²) in [5.41, 5.74) is 5.48. The van der Waals surface area contributed by atoms with Crippen LogP contribution < -0.4 is 10.5 Å². The number of ketones is 1. The van der Waals surface area contributed by atoms with E-state index in [1.165, 1.54) is 30.2 Å². The quantitative estimate of drug-likeness (QED) is 0.504. The summed E-state index contributed by atoms with van der Waals surface area (Å²) < 4.78 is 45.7. The number of carbonyl (C=O) groups excluding carboxylic acids is 1. The monoisotopic (exact) mass is 518 g/mol. The van der Waals surface area contributed by atoms with E-state index in [1.54, 1.807) is 14.0 Å². The van der Waals surface area contributed by atoms with Crippen molar-refractivity contribution in [3.05, 3.63) is 53.0 Å². The molecule has 8 nitrogen and oxygen atoms in total. The molecule has 36 heavy (non-hydrogen) atoms. The van der Waals surface area contributed by atoms with Crippen LogP contribution in [0.1, 0.15) is 41.9 Å². The van der Waals surface area contributed by atoms with E-state index in [9.17, 15) is 9.18 Å². The zero-order valence-corrected chi connectivity index (χ0v) is 21.2. The molecule has 192 valence electrons. The molecule has 2 N–H and O–H groups in total. The van der Waals surface area contributed by atoms with Gasteiger partial charge in [-0.05, 0) is 31.0 Å². The van der Waals surface area contributed by atoms with Crippen LogP contribution in [0.3, 0.4) is 0 Å². The van der Waals surface area contributed by atoms with Crippen molar-refractivity contribution >= 4 is 22.7 Å². The van der Waals surface area contributed by atoms with Gasteiger partial charge in [0.2, 0.25) is 5.88 Å². The van der Waals surface area contributed by atoms with Gasteiger partial charge in [-0.25, -0.2) is 18.7 Å². The minimum atomic E-state index is -1.07. The fraction of sp³-hybridized carbons (Fsp3) is 0.520. The standard InChI is InChI=1S/C25H28F2N4O4S/c1-23(10-34-11-23)12-35-20-9-29-17(8-30-20)18(32)6-14-4-15(21(27)16(26)5-14)24(2)19-7-25(19,13-33-3)36-22(28)31-24/h4-5,8-9,19H,6-7,10-13H2,1-3H3,(H2,28,31)/t19-,24+,25+/m0/s1. The largest absolute Gasteiger partial charge is 0.476 e. The van der Waals surface area contributed by atoms with Crippen molar-refractivity contribution in [3.8, 4) is 5.88 Å². The summed E-state index contributed by atoms with van der Waals surface area (Å²) >= 11 is 1.42. The number of rotatable bonds is 9. The van der Waals surface area contributed by atoms with E-state index in [2.05, 4.69) is 15.0 Å². The average Bonchev–Trinajstić information content (AvgIpc) is 3.54. The number of nitrogens with two attached hydrogens (primary N) is 1. The van der Waals surface area contributed by atoms with Crippen molar-refractivity contribution in [2.24, 2.45) is 22.1 Å². The Morgan fingerprint density at radius 3 is 2.64 bits per heavy atom. The number of aliphatic imine (C=N–C) groups is 1. The number of benzene rings is 1. The minimum absolute atomic E-state index is 0.0490. The molecule has 1 saturated carbocycles. The minimum Gasteiger partial charge on any atom is -0.476 e. The fourth-order valence-electron chi connectivity index (χ4n) is 5.04. The number of thioether (sulfide) groups is 1. The molecule has 2 aliphatic heterocycles. The second kappa shape index (κ2) is 9.04. The van der Waals surface area contributed by atoms with E-state index in [0.29, 0.717) is 49.5 Å². The zero-order chi connectivity index (χ0) is 25.7. The van der Waals surface area contributed by atoms with E-state index in [1.807, 2.05) is 6.92 Å². The van der Waals surface area contributed by atoms with E-state index in [-0.39, 0.29) is 39.5 Å². The molecule has 2 fully saturated rings. The predicted molar refractivity (Wildman–Crippen MR) is 130 cm³/mol. The first kappa shape index (κ1) is 25.0. The molecule has 3 heterocycles. The number of aromatic nitrogens is 2. The third-order valence-corrected chi connectivity index (χ3v) is 8.40. The predicted octanol–water partition coefficient (Wildman–Crippen LogP) is 3.28. The van der Waals surface area contributed by atoms with Gasteiger partial charge in [-0.15, -0.1) is 0 Å². The molecule has 5 rings (SSSR count). The second-order valence-electron chi connectivity index (χ2n) is 10.3. The van der Waals surface area contributed by atoms with Gasteiger partial charge in [-0.3, -0.25) is 9.79 Å². The average molecular weight is 519 g/mol. The van der Waals surface area contributed by atoms with Crippen molar-refractivity contribution in [1.82, 2.24) is 9.97 Å². The number of Topliss-reactive ketones (excluding diaryl/α,β-unsaturated/α-hetero) is 1. The number of carbonyl (C=O) groups is 1. The number of hydrogen-bond acceptors (Lipinski definition) is 9. The molecule has 0 spiro atoms. The molecule has 3 atom stereocenters. The van der Waals surface area contributed by atoms with Gasteiger partial charge in [-0.2, -0.15) is 0 Å². The van der Waals surface area contributed by atoms with Crippen molar-refractivity contribution in [3.63, 3.8) is 0 Å². The third-order valence-electron chi connectivity index (χ3n) is 7.12. The Morgan fingerprint density at radius 2 is 2.00 bits per heavy atom.